The average Bonchev–Trinajstić information content (AvgIpc) is 1.82. The van der Waals surface area contributed by atoms with E-state index in [4.69, 9.17) is 5.73 Å². The van der Waals surface area contributed by atoms with Gasteiger partial charge in [0.2, 0.25) is 0 Å². The minimum absolute atomic E-state index is 0.0673. The molecule has 12 heavy (non-hydrogen) atoms. The lowest BCUT2D eigenvalue weighted by Crippen LogP contribution is -2.41. The van der Waals surface area contributed by atoms with Gasteiger partial charge in [-0.3, -0.25) is 0 Å². The monoisotopic (exact) mass is 184 g/mol. The number of alkyl halides is 3. The van der Waals surface area contributed by atoms with Crippen LogP contribution in [0.25, 0.3) is 0 Å². The molecule has 0 aliphatic heterocycles. The van der Waals surface area contributed by atoms with Crippen LogP contribution in [0, 0.1) is 0 Å². The molecule has 0 heterocycles. The molecule has 0 amide bonds. The molecule has 0 aromatic carbocycles. The van der Waals surface area contributed by atoms with Crippen LogP contribution >= 0.6 is 0 Å². The summed E-state index contributed by atoms with van der Waals surface area (Å²) >= 11 is 0. The SMILES string of the molecule is CC(CN)NC(C)CC(F)(F)F. The molecule has 0 aliphatic carbocycles. The van der Waals surface area contributed by atoms with Crippen molar-refractivity contribution >= 4 is 0 Å². The molecule has 0 rings (SSSR count). The molecule has 0 aliphatic rings. The quantitative estimate of drug-likeness (QED) is 0.690. The molecule has 0 bridgehead atoms. The third-order valence-corrected chi connectivity index (χ3v) is 1.46. The lowest BCUT2D eigenvalue weighted by molar-refractivity contribution is -0.139. The zero-order chi connectivity index (χ0) is 9.78. The van der Waals surface area contributed by atoms with Gasteiger partial charge in [0.1, 0.15) is 0 Å². The summed E-state index contributed by atoms with van der Waals surface area (Å²) in [5.74, 6) is 0. The first-order valence-corrected chi connectivity index (χ1v) is 3.88. The maximum atomic E-state index is 11.8. The molecule has 3 N–H and O–H groups in total. The summed E-state index contributed by atoms with van der Waals surface area (Å²) in [5, 5.41) is 2.74. The Labute approximate surface area is 70.3 Å². The molecule has 0 saturated heterocycles. The summed E-state index contributed by atoms with van der Waals surface area (Å²) < 4.78 is 35.4. The van der Waals surface area contributed by atoms with Gasteiger partial charge in [0, 0.05) is 18.6 Å². The van der Waals surface area contributed by atoms with Crippen LogP contribution in [-0.2, 0) is 0 Å². The minimum atomic E-state index is -4.10. The van der Waals surface area contributed by atoms with Gasteiger partial charge in [-0.15, -0.1) is 0 Å². The van der Waals surface area contributed by atoms with E-state index < -0.39 is 18.6 Å². The highest BCUT2D eigenvalue weighted by Crippen LogP contribution is 2.21. The Hall–Kier alpha value is -0.290. The summed E-state index contributed by atoms with van der Waals surface area (Å²) in [6, 6.07) is -0.633. The smallest absolute Gasteiger partial charge is 0.329 e. The first kappa shape index (κ1) is 11.7. The van der Waals surface area contributed by atoms with E-state index in [1.54, 1.807) is 6.92 Å². The Bertz CT molecular complexity index is 124. The van der Waals surface area contributed by atoms with Crippen molar-refractivity contribution in [2.45, 2.75) is 38.5 Å². The highest BCUT2D eigenvalue weighted by atomic mass is 19.4. The van der Waals surface area contributed by atoms with E-state index >= 15 is 0 Å². The molecule has 0 aromatic heterocycles. The number of hydrogen-bond donors (Lipinski definition) is 2. The minimum Gasteiger partial charge on any atom is -0.329 e. The van der Waals surface area contributed by atoms with E-state index in [0.29, 0.717) is 6.54 Å². The number of rotatable bonds is 4. The van der Waals surface area contributed by atoms with Crippen LogP contribution in [0.5, 0.6) is 0 Å². The first-order valence-electron chi connectivity index (χ1n) is 3.88. The molecule has 2 unspecified atom stereocenters. The second-order valence-corrected chi connectivity index (χ2v) is 3.02. The number of nitrogens with two attached hydrogens (primary N) is 1. The molecule has 2 atom stereocenters. The second-order valence-electron chi connectivity index (χ2n) is 3.02. The lowest BCUT2D eigenvalue weighted by atomic mass is 10.2. The topological polar surface area (TPSA) is 38.0 Å². The van der Waals surface area contributed by atoms with Crippen molar-refractivity contribution in [3.63, 3.8) is 0 Å². The van der Waals surface area contributed by atoms with Gasteiger partial charge in [0.05, 0.1) is 6.42 Å². The largest absolute Gasteiger partial charge is 0.390 e. The maximum absolute atomic E-state index is 11.8. The molecule has 74 valence electrons. The molecular weight excluding hydrogens is 169 g/mol. The molecule has 0 spiro atoms. The van der Waals surface area contributed by atoms with Crippen LogP contribution in [0.1, 0.15) is 20.3 Å². The van der Waals surface area contributed by atoms with Crippen molar-refractivity contribution in [1.29, 1.82) is 0 Å². The van der Waals surface area contributed by atoms with Gasteiger partial charge in [-0.05, 0) is 13.8 Å². The van der Waals surface area contributed by atoms with Crippen molar-refractivity contribution in [3.8, 4) is 0 Å². The van der Waals surface area contributed by atoms with E-state index in [1.165, 1.54) is 6.92 Å². The van der Waals surface area contributed by atoms with E-state index in [0.717, 1.165) is 0 Å². The molecule has 0 aromatic rings. The Kier molecular flexibility index (Phi) is 4.55. The van der Waals surface area contributed by atoms with Gasteiger partial charge in [0.15, 0.2) is 0 Å². The molecule has 2 nitrogen and oxygen atoms in total. The highest BCUT2D eigenvalue weighted by molar-refractivity contribution is 4.70. The standard InChI is InChI=1S/C7H15F3N2/c1-5(3-7(8,9)10)12-6(2)4-11/h5-6,12H,3-4,11H2,1-2H3. The Morgan fingerprint density at radius 1 is 1.25 bits per heavy atom. The van der Waals surface area contributed by atoms with E-state index in [2.05, 4.69) is 5.32 Å². The summed E-state index contributed by atoms with van der Waals surface area (Å²) in [4.78, 5) is 0. The predicted molar refractivity (Wildman–Crippen MR) is 41.8 cm³/mol. The predicted octanol–water partition coefficient (Wildman–Crippen LogP) is 1.26. The molecule has 0 saturated carbocycles. The second kappa shape index (κ2) is 4.67. The summed E-state index contributed by atoms with van der Waals surface area (Å²) in [5.41, 5.74) is 5.24. The Morgan fingerprint density at radius 2 is 1.75 bits per heavy atom. The molecule has 0 fully saturated rings. The van der Waals surface area contributed by atoms with Crippen LogP contribution in [0.2, 0.25) is 0 Å². The highest BCUT2D eigenvalue weighted by Gasteiger charge is 2.30. The van der Waals surface area contributed by atoms with Crippen LogP contribution in [-0.4, -0.2) is 24.8 Å². The number of nitrogens with one attached hydrogen (secondary N) is 1. The van der Waals surface area contributed by atoms with Crippen molar-refractivity contribution in [3.05, 3.63) is 0 Å². The number of hydrogen-bond acceptors (Lipinski definition) is 2. The van der Waals surface area contributed by atoms with Crippen LogP contribution in [0.3, 0.4) is 0 Å². The summed E-state index contributed by atoms with van der Waals surface area (Å²) in [6.07, 6.45) is -4.90. The van der Waals surface area contributed by atoms with Crippen molar-refractivity contribution in [2.24, 2.45) is 5.73 Å². The first-order chi connectivity index (χ1) is 5.35. The van der Waals surface area contributed by atoms with Crippen LogP contribution in [0.4, 0.5) is 13.2 Å². The van der Waals surface area contributed by atoms with Gasteiger partial charge in [-0.25, -0.2) is 0 Å². The number of halogens is 3. The fourth-order valence-corrected chi connectivity index (χ4v) is 0.960. The average molecular weight is 184 g/mol. The van der Waals surface area contributed by atoms with Crippen LogP contribution in [0.15, 0.2) is 0 Å². The van der Waals surface area contributed by atoms with Crippen LogP contribution < -0.4 is 11.1 Å². The fraction of sp³-hybridized carbons (Fsp3) is 1.00. The van der Waals surface area contributed by atoms with Gasteiger partial charge in [-0.1, -0.05) is 0 Å². The van der Waals surface area contributed by atoms with Gasteiger partial charge in [-0.2, -0.15) is 13.2 Å². The fourth-order valence-electron chi connectivity index (χ4n) is 0.960. The van der Waals surface area contributed by atoms with Crippen molar-refractivity contribution in [1.82, 2.24) is 5.32 Å². The van der Waals surface area contributed by atoms with Gasteiger partial charge in [0.25, 0.3) is 0 Å². The van der Waals surface area contributed by atoms with E-state index in [9.17, 15) is 13.2 Å². The maximum Gasteiger partial charge on any atom is 0.390 e. The van der Waals surface area contributed by atoms with E-state index in [-0.39, 0.29) is 6.04 Å². The zero-order valence-electron chi connectivity index (χ0n) is 7.28. The van der Waals surface area contributed by atoms with Crippen molar-refractivity contribution < 1.29 is 13.2 Å². The van der Waals surface area contributed by atoms with Gasteiger partial charge < -0.3 is 11.1 Å². The Balaban J connectivity index is 3.66. The normalized spacial score (nSPS) is 17.5. The van der Waals surface area contributed by atoms with E-state index in [1.807, 2.05) is 0 Å². The van der Waals surface area contributed by atoms with Crippen molar-refractivity contribution in [2.75, 3.05) is 6.54 Å². The lowest BCUT2D eigenvalue weighted by Gasteiger charge is -2.19. The summed E-state index contributed by atoms with van der Waals surface area (Å²) in [7, 11) is 0. The zero-order valence-corrected chi connectivity index (χ0v) is 7.28. The van der Waals surface area contributed by atoms with Gasteiger partial charge >= 0.3 is 6.18 Å². The molecular formula is C7H15F3N2. The molecule has 0 radical (unpaired) electrons. The summed E-state index contributed by atoms with van der Waals surface area (Å²) in [6.45, 7) is 3.61. The third kappa shape index (κ3) is 6.42. The third-order valence-electron chi connectivity index (χ3n) is 1.46. The molecule has 5 heteroatoms. The Morgan fingerprint density at radius 3 is 2.08 bits per heavy atom.